The first-order chi connectivity index (χ1) is 17.8. The topological polar surface area (TPSA) is 52.6 Å². The van der Waals surface area contributed by atoms with Gasteiger partial charge in [-0.1, -0.05) is 72.8 Å². The fraction of sp³-hybridized carbons (Fsp3) is 0.323. The maximum atomic E-state index is 6.41. The molecular formula is C31H34N2O3. The van der Waals surface area contributed by atoms with Crippen molar-refractivity contribution in [1.29, 1.82) is 0 Å². The molecule has 0 aliphatic carbocycles. The Kier molecular flexibility index (Phi) is 8.71. The van der Waals surface area contributed by atoms with Gasteiger partial charge in [0.05, 0.1) is 39.1 Å². The van der Waals surface area contributed by atoms with Crippen molar-refractivity contribution in [2.75, 3.05) is 26.3 Å². The number of nitrogens with zero attached hydrogens (tertiary/aromatic N) is 1. The molecule has 2 unspecified atom stereocenters. The molecule has 0 radical (unpaired) electrons. The van der Waals surface area contributed by atoms with E-state index in [1.165, 1.54) is 21.9 Å². The summed E-state index contributed by atoms with van der Waals surface area (Å²) in [5.41, 5.74) is 4.54. The Morgan fingerprint density at radius 2 is 1.47 bits per heavy atom. The third-order valence-electron chi connectivity index (χ3n) is 6.68. The number of hydrogen-bond acceptors (Lipinski definition) is 5. The third-order valence-corrected chi connectivity index (χ3v) is 6.68. The molecule has 1 saturated heterocycles. The highest BCUT2D eigenvalue weighted by Gasteiger charge is 2.28. The summed E-state index contributed by atoms with van der Waals surface area (Å²) in [6.45, 7) is 4.71. The van der Waals surface area contributed by atoms with Gasteiger partial charge in [-0.2, -0.15) is 0 Å². The minimum absolute atomic E-state index is 0.0987. The maximum absolute atomic E-state index is 6.41. The number of nitrogens with one attached hydrogen (secondary N) is 1. The van der Waals surface area contributed by atoms with Crippen LogP contribution in [0.15, 0.2) is 91.1 Å². The van der Waals surface area contributed by atoms with Gasteiger partial charge in [-0.05, 0) is 52.6 Å². The van der Waals surface area contributed by atoms with Crippen molar-refractivity contribution in [2.45, 2.75) is 38.3 Å². The highest BCUT2D eigenvalue weighted by Crippen LogP contribution is 2.27. The summed E-state index contributed by atoms with van der Waals surface area (Å²) in [6.07, 6.45) is 3.05. The fourth-order valence-corrected chi connectivity index (χ4v) is 4.69. The Hall–Kier alpha value is -3.09. The van der Waals surface area contributed by atoms with Gasteiger partial charge in [0.1, 0.15) is 0 Å². The number of pyridine rings is 1. The van der Waals surface area contributed by atoms with Gasteiger partial charge in [0, 0.05) is 24.4 Å². The zero-order valence-corrected chi connectivity index (χ0v) is 20.6. The predicted molar refractivity (Wildman–Crippen MR) is 143 cm³/mol. The molecule has 0 bridgehead atoms. The van der Waals surface area contributed by atoms with E-state index in [9.17, 15) is 0 Å². The molecule has 1 N–H and O–H groups in total. The molecule has 4 aromatic rings. The lowest BCUT2D eigenvalue weighted by Crippen LogP contribution is -2.41. The van der Waals surface area contributed by atoms with E-state index in [1.807, 2.05) is 24.4 Å². The van der Waals surface area contributed by atoms with Crippen LogP contribution in [0.4, 0.5) is 0 Å². The van der Waals surface area contributed by atoms with E-state index in [-0.39, 0.29) is 12.0 Å². The predicted octanol–water partition coefficient (Wildman–Crippen LogP) is 5.63. The van der Waals surface area contributed by atoms with Crippen molar-refractivity contribution in [3.05, 3.63) is 114 Å². The van der Waals surface area contributed by atoms with Crippen LogP contribution in [0.1, 0.15) is 34.7 Å². The maximum Gasteiger partial charge on any atom is 0.0787 e. The number of rotatable bonds is 11. The normalized spacial score (nSPS) is 17.9. The lowest BCUT2D eigenvalue weighted by Gasteiger charge is -2.32. The molecular weight excluding hydrogens is 448 g/mol. The van der Waals surface area contributed by atoms with Gasteiger partial charge in [0.15, 0.2) is 0 Å². The molecule has 5 nitrogen and oxygen atoms in total. The van der Waals surface area contributed by atoms with Crippen molar-refractivity contribution < 1.29 is 14.2 Å². The highest BCUT2D eigenvalue weighted by molar-refractivity contribution is 5.82. The Morgan fingerprint density at radius 3 is 2.28 bits per heavy atom. The van der Waals surface area contributed by atoms with Gasteiger partial charge in [-0.3, -0.25) is 4.98 Å². The summed E-state index contributed by atoms with van der Waals surface area (Å²) in [7, 11) is 0. The van der Waals surface area contributed by atoms with Gasteiger partial charge in [0.25, 0.3) is 0 Å². The van der Waals surface area contributed by atoms with Gasteiger partial charge < -0.3 is 19.5 Å². The SMILES string of the molecule is c1ccc(COCCOCc2ccc(C3CCNCC3OCc3ccc4ccccc4c3)nc2)cc1. The molecule has 2 atom stereocenters. The second-order valence-electron chi connectivity index (χ2n) is 9.31. The molecule has 1 fully saturated rings. The van der Waals surface area contributed by atoms with E-state index in [2.05, 4.69) is 72.0 Å². The molecule has 0 saturated carbocycles. The van der Waals surface area contributed by atoms with Crippen molar-refractivity contribution in [2.24, 2.45) is 0 Å². The van der Waals surface area contributed by atoms with Crippen LogP contribution in [0.5, 0.6) is 0 Å². The van der Waals surface area contributed by atoms with Crippen LogP contribution >= 0.6 is 0 Å². The summed E-state index contributed by atoms with van der Waals surface area (Å²) in [5, 5.41) is 5.99. The number of piperidine rings is 1. The van der Waals surface area contributed by atoms with Crippen LogP contribution in [0, 0.1) is 0 Å². The zero-order valence-electron chi connectivity index (χ0n) is 20.6. The molecule has 0 spiro atoms. The van der Waals surface area contributed by atoms with Crippen LogP contribution < -0.4 is 5.32 Å². The van der Waals surface area contributed by atoms with Crippen LogP contribution in [0.3, 0.4) is 0 Å². The number of hydrogen-bond donors (Lipinski definition) is 1. The van der Waals surface area contributed by atoms with Crippen molar-refractivity contribution in [3.63, 3.8) is 0 Å². The summed E-state index contributed by atoms with van der Waals surface area (Å²) in [5.74, 6) is 0.285. The number of benzene rings is 3. The van der Waals surface area contributed by atoms with E-state index in [0.717, 1.165) is 30.8 Å². The standard InChI is InChI=1S/C31H34N2O3/c1-2-6-24(7-3-1)21-34-16-17-35-22-26-11-13-30(33-19-26)29-14-15-32-20-31(29)36-23-25-10-12-27-8-4-5-9-28(27)18-25/h1-13,18-19,29,31-32H,14-17,20-23H2. The zero-order chi connectivity index (χ0) is 24.4. The number of fused-ring (bicyclic) bond motifs is 1. The molecule has 5 heteroatoms. The molecule has 1 aliphatic heterocycles. The average molecular weight is 483 g/mol. The van der Waals surface area contributed by atoms with Gasteiger partial charge in [-0.25, -0.2) is 0 Å². The van der Waals surface area contributed by atoms with Gasteiger partial charge >= 0.3 is 0 Å². The quantitative estimate of drug-likeness (QED) is 0.281. The Morgan fingerprint density at radius 1 is 0.722 bits per heavy atom. The van der Waals surface area contributed by atoms with E-state index >= 15 is 0 Å². The van der Waals surface area contributed by atoms with Crippen LogP contribution in [0.25, 0.3) is 10.8 Å². The molecule has 5 rings (SSSR count). The van der Waals surface area contributed by atoms with Crippen molar-refractivity contribution >= 4 is 10.8 Å². The second-order valence-corrected chi connectivity index (χ2v) is 9.31. The number of aromatic nitrogens is 1. The lowest BCUT2D eigenvalue weighted by molar-refractivity contribution is 0.00967. The highest BCUT2D eigenvalue weighted by atomic mass is 16.5. The molecule has 36 heavy (non-hydrogen) atoms. The molecule has 1 aromatic heterocycles. The molecule has 0 amide bonds. The van der Waals surface area contributed by atoms with Gasteiger partial charge in [-0.15, -0.1) is 0 Å². The Labute approximate surface area is 213 Å². The first-order valence-corrected chi connectivity index (χ1v) is 12.8. The largest absolute Gasteiger partial charge is 0.374 e. The summed E-state index contributed by atoms with van der Waals surface area (Å²) in [4.78, 5) is 4.78. The van der Waals surface area contributed by atoms with Gasteiger partial charge in [0.2, 0.25) is 0 Å². The second kappa shape index (κ2) is 12.7. The van der Waals surface area contributed by atoms with Crippen molar-refractivity contribution in [1.82, 2.24) is 10.3 Å². The van der Waals surface area contributed by atoms with Crippen LogP contribution in [-0.2, 0) is 34.0 Å². The van der Waals surface area contributed by atoms with E-state index in [1.54, 1.807) is 0 Å². The molecule has 1 aliphatic rings. The molecule has 186 valence electrons. The fourth-order valence-electron chi connectivity index (χ4n) is 4.69. The average Bonchev–Trinajstić information content (AvgIpc) is 2.95. The smallest absolute Gasteiger partial charge is 0.0787 e. The summed E-state index contributed by atoms with van der Waals surface area (Å²) >= 11 is 0. The molecule has 2 heterocycles. The van der Waals surface area contributed by atoms with Crippen LogP contribution in [-0.4, -0.2) is 37.4 Å². The van der Waals surface area contributed by atoms with Crippen LogP contribution in [0.2, 0.25) is 0 Å². The molecule has 3 aromatic carbocycles. The minimum Gasteiger partial charge on any atom is -0.374 e. The first-order valence-electron chi connectivity index (χ1n) is 12.8. The monoisotopic (exact) mass is 482 g/mol. The third kappa shape index (κ3) is 6.77. The number of ether oxygens (including phenoxy) is 3. The van der Waals surface area contributed by atoms with E-state index in [0.29, 0.717) is 33.0 Å². The van der Waals surface area contributed by atoms with E-state index < -0.39 is 0 Å². The summed E-state index contributed by atoms with van der Waals surface area (Å²) < 4.78 is 17.9. The first kappa shape index (κ1) is 24.6. The van der Waals surface area contributed by atoms with E-state index in [4.69, 9.17) is 19.2 Å². The van der Waals surface area contributed by atoms with Crippen molar-refractivity contribution in [3.8, 4) is 0 Å². The Bertz CT molecular complexity index is 1210. The minimum atomic E-state index is 0.0987. The Balaban J connectivity index is 1.09. The lowest BCUT2D eigenvalue weighted by atomic mass is 9.91. The summed E-state index contributed by atoms with van der Waals surface area (Å²) in [6, 6.07) is 29.4.